The summed E-state index contributed by atoms with van der Waals surface area (Å²) in [4.78, 5) is 12.8. The topological polar surface area (TPSA) is 46.3 Å². The van der Waals surface area contributed by atoms with Crippen LogP contribution in [0, 0.1) is 0 Å². The Morgan fingerprint density at radius 1 is 1.33 bits per heavy atom. The van der Waals surface area contributed by atoms with Gasteiger partial charge < -0.3 is 10.6 Å². The lowest BCUT2D eigenvalue weighted by Gasteiger charge is -2.17. The van der Waals surface area contributed by atoms with E-state index < -0.39 is 0 Å². The van der Waals surface area contributed by atoms with Gasteiger partial charge in [-0.1, -0.05) is 27.4 Å². The van der Waals surface area contributed by atoms with Crippen LogP contribution in [-0.2, 0) is 4.79 Å². The van der Waals surface area contributed by atoms with Crippen molar-refractivity contribution in [3.63, 3.8) is 0 Å². The maximum Gasteiger partial charge on any atom is 0.244 e. The minimum absolute atomic E-state index is 0.387. The predicted octanol–water partition coefficient (Wildman–Crippen LogP) is 2.00. The maximum atomic E-state index is 10.6. The van der Waals surface area contributed by atoms with E-state index >= 15 is 0 Å². The molecule has 0 saturated carbocycles. The van der Waals surface area contributed by atoms with Crippen LogP contribution in [0.2, 0.25) is 0 Å². The zero-order valence-electron chi connectivity index (χ0n) is 10.1. The van der Waals surface area contributed by atoms with Crippen LogP contribution in [0.25, 0.3) is 0 Å². The Balaban J connectivity index is 0. The molecule has 3 nitrogen and oxygen atoms in total. The second-order valence-corrected chi connectivity index (χ2v) is 3.55. The highest BCUT2D eigenvalue weighted by Crippen LogP contribution is 1.99. The summed E-state index contributed by atoms with van der Waals surface area (Å²) in [5.74, 6) is 0.335. The smallest absolute Gasteiger partial charge is 0.244 e. The van der Waals surface area contributed by atoms with Crippen LogP contribution in [0.3, 0.4) is 0 Å². The van der Waals surface area contributed by atoms with Crippen LogP contribution < -0.4 is 5.73 Å². The molecule has 0 fully saturated rings. The molecule has 15 heavy (non-hydrogen) atoms. The van der Waals surface area contributed by atoms with E-state index in [1.54, 1.807) is 0 Å². The first-order chi connectivity index (χ1) is 7.03. The number of carbonyl (C=O) groups is 1. The fourth-order valence-corrected chi connectivity index (χ4v) is 0.956. The molecule has 0 atom stereocenters. The van der Waals surface area contributed by atoms with Gasteiger partial charge in [-0.3, -0.25) is 4.79 Å². The van der Waals surface area contributed by atoms with E-state index in [2.05, 4.69) is 25.3 Å². The third kappa shape index (κ3) is 11.4. The lowest BCUT2D eigenvalue weighted by atomic mass is 10.2. The van der Waals surface area contributed by atoms with Crippen LogP contribution in [0.1, 0.15) is 27.2 Å². The van der Waals surface area contributed by atoms with E-state index in [0.29, 0.717) is 12.0 Å². The van der Waals surface area contributed by atoms with Crippen LogP contribution in [0.15, 0.2) is 12.2 Å². The Kier molecular flexibility index (Phi) is 13.0. The number of primary amides is 1. The van der Waals surface area contributed by atoms with Gasteiger partial charge >= 0.3 is 0 Å². The second kappa shape index (κ2) is 11.5. The van der Waals surface area contributed by atoms with Crippen LogP contribution in [0.5, 0.6) is 0 Å². The molecule has 0 aliphatic heterocycles. The van der Waals surface area contributed by atoms with E-state index in [4.69, 9.17) is 17.3 Å². The Bertz CT molecular complexity index is 179. The first-order valence-electron chi connectivity index (χ1n) is 5.29. The molecule has 0 aliphatic rings. The van der Waals surface area contributed by atoms with Gasteiger partial charge in [0.1, 0.15) is 0 Å². The molecule has 4 heteroatoms. The molecule has 0 spiro atoms. The average Bonchev–Trinajstić information content (AvgIpc) is 2.20. The Morgan fingerprint density at radius 3 is 2.00 bits per heavy atom. The van der Waals surface area contributed by atoms with Gasteiger partial charge in [-0.2, -0.15) is 0 Å². The van der Waals surface area contributed by atoms with E-state index in [9.17, 15) is 4.79 Å². The molecule has 0 rings (SSSR count). The molecule has 2 N–H and O–H groups in total. The summed E-state index contributed by atoms with van der Waals surface area (Å²) in [7, 11) is 0. The number of hydrogen-bond donors (Lipinski definition) is 1. The van der Waals surface area contributed by atoms with E-state index in [-0.39, 0.29) is 5.91 Å². The number of hydrogen-bond acceptors (Lipinski definition) is 2. The zero-order valence-corrected chi connectivity index (χ0v) is 10.8. The zero-order chi connectivity index (χ0) is 12.3. The van der Waals surface area contributed by atoms with Gasteiger partial charge in [-0.15, -0.1) is 11.6 Å². The lowest BCUT2D eigenvalue weighted by molar-refractivity contribution is -0.114. The van der Waals surface area contributed by atoms with Gasteiger partial charge in [0.2, 0.25) is 5.91 Å². The summed E-state index contributed by atoms with van der Waals surface area (Å²) in [6, 6.07) is 0. The van der Waals surface area contributed by atoms with Gasteiger partial charge in [0.05, 0.1) is 0 Å². The highest BCUT2D eigenvalue weighted by atomic mass is 35.5. The highest BCUT2D eigenvalue weighted by molar-refractivity contribution is 6.17. The van der Waals surface area contributed by atoms with Crippen molar-refractivity contribution in [2.75, 3.05) is 25.5 Å². The third-order valence-corrected chi connectivity index (χ3v) is 1.97. The summed E-state index contributed by atoms with van der Waals surface area (Å²) in [6.45, 7) is 12.5. The van der Waals surface area contributed by atoms with Crippen molar-refractivity contribution in [1.82, 2.24) is 4.90 Å². The normalized spacial score (nSPS) is 9.40. The summed E-state index contributed by atoms with van der Waals surface area (Å²) in [6.07, 6.45) is 0.678. The summed E-state index contributed by atoms with van der Waals surface area (Å²) < 4.78 is 0. The van der Waals surface area contributed by atoms with Gasteiger partial charge in [0.25, 0.3) is 0 Å². The van der Waals surface area contributed by atoms with Crippen molar-refractivity contribution in [2.45, 2.75) is 27.2 Å². The van der Waals surface area contributed by atoms with Crippen LogP contribution >= 0.6 is 11.6 Å². The largest absolute Gasteiger partial charge is 0.366 e. The van der Waals surface area contributed by atoms with Gasteiger partial charge in [0, 0.05) is 18.0 Å². The Morgan fingerprint density at radius 2 is 1.73 bits per heavy atom. The van der Waals surface area contributed by atoms with Crippen molar-refractivity contribution in [3.8, 4) is 0 Å². The predicted molar refractivity (Wildman–Crippen MR) is 67.1 cm³/mol. The monoisotopic (exact) mass is 234 g/mol. The molecule has 0 aromatic carbocycles. The molecule has 0 aromatic rings. The van der Waals surface area contributed by atoms with Crippen molar-refractivity contribution in [1.29, 1.82) is 0 Å². The number of nitrogens with two attached hydrogens (primary N) is 1. The Hall–Kier alpha value is -0.540. The summed E-state index contributed by atoms with van der Waals surface area (Å²) >= 11 is 5.00. The van der Waals surface area contributed by atoms with Crippen LogP contribution in [0.4, 0.5) is 0 Å². The van der Waals surface area contributed by atoms with Crippen molar-refractivity contribution >= 4 is 17.5 Å². The molecule has 0 aromatic heterocycles. The minimum Gasteiger partial charge on any atom is -0.366 e. The van der Waals surface area contributed by atoms with Crippen molar-refractivity contribution in [3.05, 3.63) is 12.2 Å². The standard InChI is InChI=1S/C9H18N2O.C2H5Cl/c1-4-11(5-2)7-6-8(3)9(10)12;1-2-3/h3-7H2,1-2H3,(H2,10,12);2H2,1H3. The van der Waals surface area contributed by atoms with Gasteiger partial charge in [-0.05, 0) is 19.5 Å². The number of nitrogens with zero attached hydrogens (tertiary/aromatic N) is 1. The Labute approximate surface area is 98.3 Å². The number of amides is 1. The second-order valence-electron chi connectivity index (χ2n) is 3.01. The summed E-state index contributed by atoms with van der Waals surface area (Å²) in [5.41, 5.74) is 5.56. The van der Waals surface area contributed by atoms with E-state index in [1.165, 1.54) is 0 Å². The maximum absolute atomic E-state index is 10.6. The molecule has 0 radical (unpaired) electrons. The molecular weight excluding hydrogens is 212 g/mol. The minimum atomic E-state index is -0.387. The molecule has 0 unspecified atom stereocenters. The molecule has 90 valence electrons. The molecular formula is C11H23ClN2O. The number of carbonyl (C=O) groups excluding carboxylic acids is 1. The first-order valence-corrected chi connectivity index (χ1v) is 5.82. The quantitative estimate of drug-likeness (QED) is 0.565. The fourth-order valence-electron chi connectivity index (χ4n) is 0.956. The van der Waals surface area contributed by atoms with Crippen LogP contribution in [-0.4, -0.2) is 36.3 Å². The number of rotatable bonds is 6. The number of alkyl halides is 1. The lowest BCUT2D eigenvalue weighted by Crippen LogP contribution is -2.26. The van der Waals surface area contributed by atoms with Gasteiger partial charge in [0.15, 0.2) is 0 Å². The number of halogens is 1. The van der Waals surface area contributed by atoms with E-state index in [0.717, 1.165) is 25.5 Å². The van der Waals surface area contributed by atoms with Crippen molar-refractivity contribution < 1.29 is 4.79 Å². The molecule has 0 bridgehead atoms. The average molecular weight is 235 g/mol. The first kappa shape index (κ1) is 16.9. The third-order valence-electron chi connectivity index (χ3n) is 1.97. The molecule has 0 saturated heterocycles. The molecule has 0 heterocycles. The SMILES string of the molecule is C=C(CCN(CC)CC)C(N)=O.CCCl. The summed E-state index contributed by atoms with van der Waals surface area (Å²) in [5, 5.41) is 0. The molecule has 0 aliphatic carbocycles. The van der Waals surface area contributed by atoms with Gasteiger partial charge in [-0.25, -0.2) is 0 Å². The fraction of sp³-hybridized carbons (Fsp3) is 0.727. The highest BCUT2D eigenvalue weighted by Gasteiger charge is 2.03. The van der Waals surface area contributed by atoms with Crippen molar-refractivity contribution in [2.24, 2.45) is 5.73 Å². The van der Waals surface area contributed by atoms with E-state index in [1.807, 2.05) is 6.92 Å². The molecule has 1 amide bonds.